The predicted octanol–water partition coefficient (Wildman–Crippen LogP) is 5.93. The number of benzene rings is 2. The van der Waals surface area contributed by atoms with Crippen LogP contribution in [0, 0.1) is 0 Å². The van der Waals surface area contributed by atoms with Crippen molar-refractivity contribution in [3.8, 4) is 11.1 Å². The van der Waals surface area contributed by atoms with Gasteiger partial charge in [-0.25, -0.2) is 0 Å². The van der Waals surface area contributed by atoms with E-state index in [1.807, 2.05) is 23.6 Å². The van der Waals surface area contributed by atoms with Gasteiger partial charge in [-0.15, -0.1) is 11.3 Å². The van der Waals surface area contributed by atoms with Crippen LogP contribution in [0.2, 0.25) is 0 Å². The Labute approximate surface area is 131 Å². The number of hydrogen-bond acceptors (Lipinski definition) is 2. The summed E-state index contributed by atoms with van der Waals surface area (Å²) in [6.07, 6.45) is -4.38. The maximum Gasteiger partial charge on any atom is 0.416 e. The summed E-state index contributed by atoms with van der Waals surface area (Å²) >= 11 is 5.00. The predicted molar refractivity (Wildman–Crippen MR) is 84.4 cm³/mol. The van der Waals surface area contributed by atoms with Gasteiger partial charge in [0.25, 0.3) is 0 Å². The Balaban J connectivity index is 2.18. The summed E-state index contributed by atoms with van der Waals surface area (Å²) < 4.78 is 40.1. The fraction of sp³-hybridized carbons (Fsp3) is 0.0667. The van der Waals surface area contributed by atoms with Crippen molar-refractivity contribution in [1.82, 2.24) is 0 Å². The lowest BCUT2D eigenvalue weighted by molar-refractivity contribution is -0.137. The molecule has 0 amide bonds. The molecule has 0 saturated heterocycles. The molecule has 1 aromatic heterocycles. The van der Waals surface area contributed by atoms with Gasteiger partial charge in [0.2, 0.25) is 0 Å². The third kappa shape index (κ3) is 2.53. The van der Waals surface area contributed by atoms with Crippen molar-refractivity contribution < 1.29 is 13.2 Å². The lowest BCUT2D eigenvalue weighted by atomic mass is 10.0. The normalized spacial score (nSPS) is 12.0. The zero-order valence-corrected chi connectivity index (χ0v) is 12.9. The SMILES string of the molecule is Nc1cc(C(F)(F)F)ccc1-c1csc2c(Br)cccc12. The van der Waals surface area contributed by atoms with E-state index in [4.69, 9.17) is 5.73 Å². The standard InChI is InChI=1S/C15H9BrF3NS/c16-12-3-1-2-10-11(7-21-14(10)12)9-5-4-8(6-13(9)20)15(17,18)19/h1-7H,20H2. The molecule has 2 N–H and O–H groups in total. The summed E-state index contributed by atoms with van der Waals surface area (Å²) in [7, 11) is 0. The van der Waals surface area contributed by atoms with Gasteiger partial charge >= 0.3 is 6.18 Å². The molecule has 0 radical (unpaired) electrons. The number of halogens is 4. The number of nitrogen functional groups attached to an aromatic ring is 1. The van der Waals surface area contributed by atoms with Crippen LogP contribution in [0.3, 0.4) is 0 Å². The summed E-state index contributed by atoms with van der Waals surface area (Å²) in [5.74, 6) is 0. The average molecular weight is 372 g/mol. The Hall–Kier alpha value is -1.53. The molecule has 0 aliphatic heterocycles. The van der Waals surface area contributed by atoms with Gasteiger partial charge in [-0.05, 0) is 39.5 Å². The van der Waals surface area contributed by atoms with E-state index in [0.29, 0.717) is 5.56 Å². The van der Waals surface area contributed by atoms with Gasteiger partial charge in [0.1, 0.15) is 0 Å². The van der Waals surface area contributed by atoms with Crippen LogP contribution in [0.4, 0.5) is 18.9 Å². The van der Waals surface area contributed by atoms with Gasteiger partial charge in [0.05, 0.1) is 5.56 Å². The van der Waals surface area contributed by atoms with Gasteiger partial charge in [0.15, 0.2) is 0 Å². The van der Waals surface area contributed by atoms with Crippen molar-refractivity contribution >= 4 is 43.0 Å². The minimum atomic E-state index is -4.38. The molecule has 0 saturated carbocycles. The molecule has 21 heavy (non-hydrogen) atoms. The van der Waals surface area contributed by atoms with E-state index in [2.05, 4.69) is 15.9 Å². The Morgan fingerprint density at radius 2 is 1.81 bits per heavy atom. The van der Waals surface area contributed by atoms with Crippen LogP contribution in [-0.2, 0) is 6.18 Å². The third-order valence-electron chi connectivity index (χ3n) is 3.22. The summed E-state index contributed by atoms with van der Waals surface area (Å²) in [5, 5.41) is 2.88. The quantitative estimate of drug-likeness (QED) is 0.527. The van der Waals surface area contributed by atoms with E-state index in [1.165, 1.54) is 17.4 Å². The van der Waals surface area contributed by atoms with Crippen LogP contribution in [-0.4, -0.2) is 0 Å². The molecule has 0 fully saturated rings. The second-order valence-corrected chi connectivity index (χ2v) is 6.30. The summed E-state index contributed by atoms with van der Waals surface area (Å²) in [6.45, 7) is 0. The smallest absolute Gasteiger partial charge is 0.398 e. The molecule has 0 unspecified atom stereocenters. The lowest BCUT2D eigenvalue weighted by Gasteiger charge is -2.10. The van der Waals surface area contributed by atoms with E-state index in [0.717, 1.165) is 32.3 Å². The van der Waals surface area contributed by atoms with Crippen LogP contribution in [0.5, 0.6) is 0 Å². The number of rotatable bonds is 1. The van der Waals surface area contributed by atoms with E-state index >= 15 is 0 Å². The highest BCUT2D eigenvalue weighted by molar-refractivity contribution is 9.10. The molecule has 0 spiro atoms. The number of hydrogen-bond donors (Lipinski definition) is 1. The molecule has 6 heteroatoms. The van der Waals surface area contributed by atoms with Gasteiger partial charge in [0, 0.05) is 31.4 Å². The number of anilines is 1. The Bertz CT molecular complexity index is 823. The maximum absolute atomic E-state index is 12.7. The first-order valence-electron chi connectivity index (χ1n) is 6.01. The first-order chi connectivity index (χ1) is 9.88. The summed E-state index contributed by atoms with van der Waals surface area (Å²) in [5.41, 5.74) is 6.70. The highest BCUT2D eigenvalue weighted by Gasteiger charge is 2.31. The molecular formula is C15H9BrF3NS. The number of nitrogens with two attached hydrogens (primary N) is 1. The third-order valence-corrected chi connectivity index (χ3v) is 5.17. The van der Waals surface area contributed by atoms with Gasteiger partial charge < -0.3 is 5.73 Å². The Kier molecular flexibility index (Phi) is 3.45. The van der Waals surface area contributed by atoms with Crippen molar-refractivity contribution in [3.63, 3.8) is 0 Å². The zero-order chi connectivity index (χ0) is 15.2. The summed E-state index contributed by atoms with van der Waals surface area (Å²) in [4.78, 5) is 0. The molecule has 1 heterocycles. The minimum absolute atomic E-state index is 0.129. The molecule has 3 rings (SSSR count). The van der Waals surface area contributed by atoms with Crippen LogP contribution in [0.1, 0.15) is 5.56 Å². The van der Waals surface area contributed by atoms with E-state index in [-0.39, 0.29) is 5.69 Å². The highest BCUT2D eigenvalue weighted by Crippen LogP contribution is 2.41. The van der Waals surface area contributed by atoms with Gasteiger partial charge in [-0.1, -0.05) is 18.2 Å². The van der Waals surface area contributed by atoms with Crippen LogP contribution >= 0.6 is 27.3 Å². The average Bonchev–Trinajstić information content (AvgIpc) is 2.83. The van der Waals surface area contributed by atoms with Crippen LogP contribution < -0.4 is 5.73 Å². The number of fused-ring (bicyclic) bond motifs is 1. The minimum Gasteiger partial charge on any atom is -0.398 e. The molecule has 108 valence electrons. The maximum atomic E-state index is 12.7. The van der Waals surface area contributed by atoms with Crippen molar-refractivity contribution in [2.24, 2.45) is 0 Å². The second kappa shape index (κ2) is 5.03. The van der Waals surface area contributed by atoms with Gasteiger partial charge in [-0.2, -0.15) is 13.2 Å². The molecule has 0 aliphatic carbocycles. The zero-order valence-electron chi connectivity index (χ0n) is 10.5. The lowest BCUT2D eigenvalue weighted by Crippen LogP contribution is -2.05. The topological polar surface area (TPSA) is 26.0 Å². The first kappa shape index (κ1) is 14.4. The molecular weight excluding hydrogens is 363 g/mol. The molecule has 0 atom stereocenters. The van der Waals surface area contributed by atoms with Crippen LogP contribution in [0.25, 0.3) is 21.2 Å². The first-order valence-corrected chi connectivity index (χ1v) is 7.68. The molecule has 1 nitrogen and oxygen atoms in total. The van der Waals surface area contributed by atoms with Gasteiger partial charge in [-0.3, -0.25) is 0 Å². The monoisotopic (exact) mass is 371 g/mol. The molecule has 3 aromatic rings. The van der Waals surface area contributed by atoms with Crippen molar-refractivity contribution in [1.29, 1.82) is 0 Å². The molecule has 0 aliphatic rings. The second-order valence-electron chi connectivity index (χ2n) is 4.57. The Morgan fingerprint density at radius 3 is 2.48 bits per heavy atom. The Morgan fingerprint density at radius 1 is 1.05 bits per heavy atom. The van der Waals surface area contributed by atoms with E-state index in [1.54, 1.807) is 0 Å². The fourth-order valence-electron chi connectivity index (χ4n) is 2.21. The summed E-state index contributed by atoms with van der Waals surface area (Å²) in [6, 6.07) is 9.23. The highest BCUT2D eigenvalue weighted by atomic mass is 79.9. The van der Waals surface area contributed by atoms with Crippen LogP contribution in [0.15, 0.2) is 46.3 Å². The van der Waals surface area contributed by atoms with E-state index < -0.39 is 11.7 Å². The largest absolute Gasteiger partial charge is 0.416 e. The fourth-order valence-corrected chi connectivity index (χ4v) is 3.84. The van der Waals surface area contributed by atoms with Crippen molar-refractivity contribution in [2.75, 3.05) is 5.73 Å². The number of thiophene rings is 1. The van der Waals surface area contributed by atoms with Crippen molar-refractivity contribution in [2.45, 2.75) is 6.18 Å². The molecule has 0 bridgehead atoms. The van der Waals surface area contributed by atoms with E-state index in [9.17, 15) is 13.2 Å². The molecule has 2 aromatic carbocycles. The number of alkyl halides is 3. The van der Waals surface area contributed by atoms with Crippen molar-refractivity contribution in [3.05, 3.63) is 51.8 Å².